The van der Waals surface area contributed by atoms with Crippen molar-refractivity contribution in [1.29, 1.82) is 0 Å². The molecule has 0 atom stereocenters. The van der Waals surface area contributed by atoms with E-state index in [1.807, 2.05) is 0 Å². The van der Waals surface area contributed by atoms with Crippen LogP contribution in [0.15, 0.2) is 0 Å². The topological polar surface area (TPSA) is 20.2 Å². The zero-order valence-corrected chi connectivity index (χ0v) is 33.5. The highest BCUT2D eigenvalue weighted by atomic mass is 16.3. The van der Waals surface area contributed by atoms with Crippen LogP contribution in [0, 0.1) is 10.8 Å². The van der Waals surface area contributed by atoms with Crippen LogP contribution < -0.4 is 0 Å². The Hall–Kier alpha value is -0.0400. The van der Waals surface area contributed by atoms with Crippen LogP contribution in [0.1, 0.15) is 273 Å². The summed E-state index contributed by atoms with van der Waals surface area (Å²) >= 11 is 0. The van der Waals surface area contributed by atoms with Gasteiger partial charge in [-0.15, -0.1) is 0 Å². The van der Waals surface area contributed by atoms with E-state index in [0.717, 1.165) is 12.8 Å². The molecule has 0 heterocycles. The predicted octanol–water partition coefficient (Wildman–Crippen LogP) is 16.5. The standard InChI is InChI=1S/C45H92O/c1-7-9-11-13-15-17-19-21-23-25-27-29-31-33-35-37-39-44(3,4)41-43(46)42-45(5,6)40-38-36-34-32-30-28-26-24-22-20-18-16-14-12-10-8-2/h43,46H,7-42H2,1-6H3. The average Bonchev–Trinajstić information content (AvgIpc) is 3.00. The highest BCUT2D eigenvalue weighted by Crippen LogP contribution is 2.36. The van der Waals surface area contributed by atoms with Crippen molar-refractivity contribution in [3.05, 3.63) is 0 Å². The summed E-state index contributed by atoms with van der Waals surface area (Å²) in [6, 6.07) is 0. The highest BCUT2D eigenvalue weighted by Gasteiger charge is 2.27. The third-order valence-corrected chi connectivity index (χ3v) is 11.0. The number of rotatable bonds is 38. The number of aliphatic hydroxyl groups is 1. The molecule has 1 N–H and O–H groups in total. The summed E-state index contributed by atoms with van der Waals surface area (Å²) in [4.78, 5) is 0. The van der Waals surface area contributed by atoms with E-state index in [1.165, 1.54) is 218 Å². The Balaban J connectivity index is 3.61. The van der Waals surface area contributed by atoms with Gasteiger partial charge in [0.2, 0.25) is 0 Å². The fraction of sp³-hybridized carbons (Fsp3) is 1.00. The Labute approximate surface area is 294 Å². The molecule has 0 spiro atoms. The second kappa shape index (κ2) is 33.5. The molecule has 0 bridgehead atoms. The molecular formula is C45H92O. The molecule has 1 heteroatoms. The molecule has 1 nitrogen and oxygen atoms in total. The maximum Gasteiger partial charge on any atom is 0.0550 e. The van der Waals surface area contributed by atoms with Gasteiger partial charge < -0.3 is 5.11 Å². The minimum Gasteiger partial charge on any atom is -0.393 e. The monoisotopic (exact) mass is 649 g/mol. The summed E-state index contributed by atoms with van der Waals surface area (Å²) in [7, 11) is 0. The van der Waals surface area contributed by atoms with Gasteiger partial charge in [-0.25, -0.2) is 0 Å². The Morgan fingerprint density at radius 3 is 0.674 bits per heavy atom. The molecule has 0 rings (SSSR count). The lowest BCUT2D eigenvalue weighted by molar-refractivity contribution is 0.0629. The molecule has 0 fully saturated rings. The van der Waals surface area contributed by atoms with E-state index in [-0.39, 0.29) is 16.9 Å². The smallest absolute Gasteiger partial charge is 0.0550 e. The maximum atomic E-state index is 11.0. The largest absolute Gasteiger partial charge is 0.393 e. The van der Waals surface area contributed by atoms with Gasteiger partial charge in [-0.05, 0) is 36.5 Å². The molecule has 0 aromatic heterocycles. The number of hydrogen-bond acceptors (Lipinski definition) is 1. The number of hydrogen-bond donors (Lipinski definition) is 1. The molecule has 0 aromatic carbocycles. The molecule has 0 saturated carbocycles. The van der Waals surface area contributed by atoms with Gasteiger partial charge in [0.05, 0.1) is 6.10 Å². The summed E-state index contributed by atoms with van der Waals surface area (Å²) in [5, 5.41) is 11.0. The van der Waals surface area contributed by atoms with Crippen molar-refractivity contribution in [3.63, 3.8) is 0 Å². The normalized spacial score (nSPS) is 12.5. The van der Waals surface area contributed by atoms with Gasteiger partial charge in [0.1, 0.15) is 0 Å². The Bertz CT molecular complexity index is 528. The van der Waals surface area contributed by atoms with Crippen molar-refractivity contribution in [1.82, 2.24) is 0 Å². The molecular weight excluding hydrogens is 556 g/mol. The van der Waals surface area contributed by atoms with Crippen LogP contribution in [0.5, 0.6) is 0 Å². The molecule has 46 heavy (non-hydrogen) atoms. The Morgan fingerprint density at radius 1 is 0.304 bits per heavy atom. The van der Waals surface area contributed by atoms with Crippen molar-refractivity contribution in [3.8, 4) is 0 Å². The van der Waals surface area contributed by atoms with Crippen molar-refractivity contribution < 1.29 is 5.11 Å². The molecule has 0 aliphatic rings. The molecule has 0 saturated heterocycles. The molecule has 278 valence electrons. The van der Waals surface area contributed by atoms with Crippen molar-refractivity contribution in [2.75, 3.05) is 0 Å². The van der Waals surface area contributed by atoms with Gasteiger partial charge in [-0.1, -0.05) is 247 Å². The summed E-state index contributed by atoms with van der Waals surface area (Å²) in [5.74, 6) is 0. The fourth-order valence-electron chi connectivity index (χ4n) is 7.86. The average molecular weight is 649 g/mol. The Kier molecular flexibility index (Phi) is 33.4. The molecule has 0 radical (unpaired) electrons. The third-order valence-electron chi connectivity index (χ3n) is 11.0. The lowest BCUT2D eigenvalue weighted by Crippen LogP contribution is -2.26. The first kappa shape index (κ1) is 46.0. The fourth-order valence-corrected chi connectivity index (χ4v) is 7.86. The van der Waals surface area contributed by atoms with E-state index in [4.69, 9.17) is 0 Å². The Morgan fingerprint density at radius 2 is 0.478 bits per heavy atom. The van der Waals surface area contributed by atoms with E-state index in [2.05, 4.69) is 41.5 Å². The van der Waals surface area contributed by atoms with Crippen LogP contribution >= 0.6 is 0 Å². The van der Waals surface area contributed by atoms with E-state index in [1.54, 1.807) is 0 Å². The zero-order valence-electron chi connectivity index (χ0n) is 33.5. The second-order valence-corrected chi connectivity index (χ2v) is 17.5. The first-order valence-corrected chi connectivity index (χ1v) is 21.9. The van der Waals surface area contributed by atoms with Crippen LogP contribution in [-0.4, -0.2) is 11.2 Å². The van der Waals surface area contributed by atoms with Crippen LogP contribution in [-0.2, 0) is 0 Å². The van der Waals surface area contributed by atoms with Crippen molar-refractivity contribution in [2.45, 2.75) is 279 Å². The van der Waals surface area contributed by atoms with Crippen LogP contribution in [0.25, 0.3) is 0 Å². The van der Waals surface area contributed by atoms with Crippen LogP contribution in [0.4, 0.5) is 0 Å². The quantitative estimate of drug-likeness (QED) is 0.0660. The number of aliphatic hydroxyl groups excluding tert-OH is 1. The van der Waals surface area contributed by atoms with Crippen molar-refractivity contribution in [2.24, 2.45) is 10.8 Å². The minimum absolute atomic E-state index is 0.146. The summed E-state index contributed by atoms with van der Waals surface area (Å²) in [6.45, 7) is 14.2. The highest BCUT2D eigenvalue weighted by molar-refractivity contribution is 4.79. The molecule has 0 aromatic rings. The number of unbranched alkanes of at least 4 members (excludes halogenated alkanes) is 30. The van der Waals surface area contributed by atoms with E-state index in [9.17, 15) is 5.11 Å². The van der Waals surface area contributed by atoms with Gasteiger partial charge >= 0.3 is 0 Å². The van der Waals surface area contributed by atoms with Gasteiger partial charge in [0, 0.05) is 0 Å². The third kappa shape index (κ3) is 35.3. The van der Waals surface area contributed by atoms with Crippen LogP contribution in [0.3, 0.4) is 0 Å². The van der Waals surface area contributed by atoms with E-state index >= 15 is 0 Å². The van der Waals surface area contributed by atoms with E-state index < -0.39 is 0 Å². The van der Waals surface area contributed by atoms with Gasteiger partial charge in [0.15, 0.2) is 0 Å². The second-order valence-electron chi connectivity index (χ2n) is 17.5. The summed E-state index contributed by atoms with van der Waals surface area (Å²) in [6.07, 6.45) is 50.1. The zero-order chi connectivity index (χ0) is 34.0. The van der Waals surface area contributed by atoms with Crippen LogP contribution in [0.2, 0.25) is 0 Å². The maximum absolute atomic E-state index is 11.0. The SMILES string of the molecule is CCCCCCCCCCCCCCCCCCC(C)(C)CC(O)CC(C)(C)CCCCCCCCCCCCCCCCCC. The first-order valence-electron chi connectivity index (χ1n) is 21.9. The first-order chi connectivity index (χ1) is 22.2. The lowest BCUT2D eigenvalue weighted by atomic mass is 9.75. The molecule has 0 amide bonds. The van der Waals surface area contributed by atoms with Gasteiger partial charge in [0.25, 0.3) is 0 Å². The molecule has 0 unspecified atom stereocenters. The van der Waals surface area contributed by atoms with Gasteiger partial charge in [-0.2, -0.15) is 0 Å². The van der Waals surface area contributed by atoms with Crippen molar-refractivity contribution >= 4 is 0 Å². The summed E-state index contributed by atoms with van der Waals surface area (Å²) in [5.41, 5.74) is 0.527. The minimum atomic E-state index is -0.146. The predicted molar refractivity (Wildman–Crippen MR) is 211 cm³/mol. The van der Waals surface area contributed by atoms with E-state index in [0.29, 0.717) is 0 Å². The van der Waals surface area contributed by atoms with Gasteiger partial charge in [-0.3, -0.25) is 0 Å². The molecule has 0 aliphatic carbocycles. The lowest BCUT2D eigenvalue weighted by Gasteiger charge is -2.32. The summed E-state index contributed by atoms with van der Waals surface area (Å²) < 4.78 is 0. The molecule has 0 aliphatic heterocycles.